The van der Waals surface area contributed by atoms with Crippen LogP contribution in [0.5, 0.6) is 0 Å². The third-order valence-electron chi connectivity index (χ3n) is 12.9. The van der Waals surface area contributed by atoms with Crippen molar-refractivity contribution in [2.75, 3.05) is 13.2 Å². The van der Waals surface area contributed by atoms with Gasteiger partial charge in [-0.3, -0.25) is 14.4 Å². The number of ether oxygens (including phenoxy) is 3. The summed E-state index contributed by atoms with van der Waals surface area (Å²) in [4.78, 5) is 38.2. The number of allylic oxidation sites excluding steroid dienone is 22. The quantitative estimate of drug-likeness (QED) is 0.0261. The van der Waals surface area contributed by atoms with Crippen LogP contribution in [0.3, 0.4) is 0 Å². The first-order valence-electron chi connectivity index (χ1n) is 31.2. The standard InChI is InChI=1S/C70H114O6/c1-4-7-10-13-16-19-22-25-28-29-30-31-32-33-34-35-36-37-38-39-40-41-43-45-48-51-54-57-60-63-69(72)75-66-67(65-74-68(71)62-59-56-53-50-47-44-27-24-21-18-15-12-9-6-3)76-70(73)64-61-58-55-52-49-46-42-26-23-20-17-14-11-8-5-2/h7,10,15-16,18-19,24-25,27-28,30-31,33-34,36-37,39-40,43,45,51,54,67H,4-6,8-9,11-14,17,20-23,26,29,32,35,38,41-42,44,46-50,52-53,55-66H2,1-3H3/b10-7-,18-15-,19-16-,27-24-,28-25-,31-30-,34-33-,37-36-,40-39-,45-43-,54-51-. The number of unbranched alkanes of at least 4 members (excludes halogenated alkanes) is 22. The molecule has 0 N–H and O–H groups in total. The van der Waals surface area contributed by atoms with Crippen LogP contribution in [0, 0.1) is 0 Å². The van der Waals surface area contributed by atoms with E-state index in [1.807, 2.05) is 0 Å². The number of carbonyl (C=O) groups excluding carboxylic acids is 3. The van der Waals surface area contributed by atoms with Crippen LogP contribution in [0.1, 0.15) is 271 Å². The first-order valence-corrected chi connectivity index (χ1v) is 31.2. The van der Waals surface area contributed by atoms with Crippen molar-refractivity contribution in [1.82, 2.24) is 0 Å². The predicted octanol–water partition coefficient (Wildman–Crippen LogP) is 21.4. The molecule has 0 aliphatic carbocycles. The molecule has 6 nitrogen and oxygen atoms in total. The number of esters is 3. The summed E-state index contributed by atoms with van der Waals surface area (Å²) < 4.78 is 16.8. The Morgan fingerprint density at radius 2 is 0.539 bits per heavy atom. The summed E-state index contributed by atoms with van der Waals surface area (Å²) in [6.07, 6.45) is 88.8. The van der Waals surface area contributed by atoms with Gasteiger partial charge < -0.3 is 14.2 Å². The minimum Gasteiger partial charge on any atom is -0.462 e. The van der Waals surface area contributed by atoms with Gasteiger partial charge in [-0.1, -0.05) is 276 Å². The van der Waals surface area contributed by atoms with Crippen molar-refractivity contribution in [2.45, 2.75) is 277 Å². The van der Waals surface area contributed by atoms with Gasteiger partial charge in [0.05, 0.1) is 0 Å². The molecule has 0 saturated carbocycles. The molecule has 1 atom stereocenters. The molecule has 0 bridgehead atoms. The average Bonchev–Trinajstić information content (AvgIpc) is 3.42. The van der Waals surface area contributed by atoms with E-state index in [0.717, 1.165) is 128 Å². The van der Waals surface area contributed by atoms with Gasteiger partial charge in [0.1, 0.15) is 13.2 Å². The second-order valence-corrected chi connectivity index (χ2v) is 20.2. The predicted molar refractivity (Wildman–Crippen MR) is 329 cm³/mol. The third kappa shape index (κ3) is 60.4. The fourth-order valence-corrected chi connectivity index (χ4v) is 8.23. The molecule has 0 rings (SSSR count). The molecule has 0 aromatic heterocycles. The average molecular weight is 1050 g/mol. The monoisotopic (exact) mass is 1050 g/mol. The van der Waals surface area contributed by atoms with Gasteiger partial charge in [0, 0.05) is 19.3 Å². The van der Waals surface area contributed by atoms with Gasteiger partial charge in [-0.2, -0.15) is 0 Å². The molecule has 0 amide bonds. The van der Waals surface area contributed by atoms with E-state index in [9.17, 15) is 14.4 Å². The third-order valence-corrected chi connectivity index (χ3v) is 12.9. The molecule has 0 radical (unpaired) electrons. The Bertz CT molecular complexity index is 1630. The maximum atomic E-state index is 12.9. The maximum Gasteiger partial charge on any atom is 0.306 e. The topological polar surface area (TPSA) is 78.9 Å². The summed E-state index contributed by atoms with van der Waals surface area (Å²) in [5.41, 5.74) is 0. The second-order valence-electron chi connectivity index (χ2n) is 20.2. The molecule has 6 heteroatoms. The summed E-state index contributed by atoms with van der Waals surface area (Å²) in [5, 5.41) is 0. The Morgan fingerprint density at radius 1 is 0.276 bits per heavy atom. The lowest BCUT2D eigenvalue weighted by molar-refractivity contribution is -0.167. The first-order chi connectivity index (χ1) is 37.5. The van der Waals surface area contributed by atoms with E-state index in [0.29, 0.717) is 19.3 Å². The van der Waals surface area contributed by atoms with E-state index in [2.05, 4.69) is 154 Å². The highest BCUT2D eigenvalue weighted by molar-refractivity contribution is 5.71. The van der Waals surface area contributed by atoms with Gasteiger partial charge >= 0.3 is 17.9 Å². The SMILES string of the molecule is CC/C=C\C/C=C\C/C=C\C/C=C\C/C=C\C/C=C\C/C=C\C/C=C\C/C=C\CCCC(=O)OCC(COC(=O)CCCCCCC/C=C\C/C=C\CCCC)OC(=O)CCCCCCCCCCCCCCCCC. The number of hydrogen-bond donors (Lipinski definition) is 0. The van der Waals surface area contributed by atoms with Gasteiger partial charge in [-0.25, -0.2) is 0 Å². The molecule has 430 valence electrons. The van der Waals surface area contributed by atoms with Crippen LogP contribution in [0.4, 0.5) is 0 Å². The highest BCUT2D eigenvalue weighted by Crippen LogP contribution is 2.15. The zero-order valence-electron chi connectivity index (χ0n) is 49.2. The molecular formula is C70H114O6. The van der Waals surface area contributed by atoms with Crippen LogP contribution < -0.4 is 0 Å². The fourth-order valence-electron chi connectivity index (χ4n) is 8.23. The largest absolute Gasteiger partial charge is 0.462 e. The van der Waals surface area contributed by atoms with Crippen molar-refractivity contribution in [3.63, 3.8) is 0 Å². The Balaban J connectivity index is 4.44. The minimum absolute atomic E-state index is 0.105. The molecule has 0 aliphatic rings. The Labute approximate surface area is 468 Å². The Hall–Kier alpha value is -4.45. The van der Waals surface area contributed by atoms with Crippen molar-refractivity contribution in [3.05, 3.63) is 134 Å². The van der Waals surface area contributed by atoms with Crippen molar-refractivity contribution >= 4 is 17.9 Å². The molecule has 0 spiro atoms. The molecule has 0 aromatic rings. The number of carbonyl (C=O) groups is 3. The van der Waals surface area contributed by atoms with Gasteiger partial charge in [0.25, 0.3) is 0 Å². The molecular weight excluding hydrogens is 937 g/mol. The first kappa shape index (κ1) is 71.5. The van der Waals surface area contributed by atoms with Gasteiger partial charge in [0.2, 0.25) is 0 Å². The van der Waals surface area contributed by atoms with E-state index in [-0.39, 0.29) is 37.5 Å². The number of hydrogen-bond acceptors (Lipinski definition) is 6. The molecule has 0 aromatic carbocycles. The van der Waals surface area contributed by atoms with Crippen molar-refractivity contribution < 1.29 is 28.6 Å². The van der Waals surface area contributed by atoms with E-state index < -0.39 is 6.10 Å². The van der Waals surface area contributed by atoms with Gasteiger partial charge in [-0.05, 0) is 109 Å². The van der Waals surface area contributed by atoms with E-state index in [1.165, 1.54) is 96.3 Å². The van der Waals surface area contributed by atoms with Gasteiger partial charge in [0.15, 0.2) is 6.10 Å². The summed E-state index contributed by atoms with van der Waals surface area (Å²) in [5.74, 6) is -0.977. The lowest BCUT2D eigenvalue weighted by atomic mass is 10.0. The summed E-state index contributed by atoms with van der Waals surface area (Å²) in [7, 11) is 0. The highest BCUT2D eigenvalue weighted by atomic mass is 16.6. The summed E-state index contributed by atoms with van der Waals surface area (Å²) in [6.45, 7) is 6.43. The normalized spacial score (nSPS) is 13.0. The smallest absolute Gasteiger partial charge is 0.306 e. The zero-order chi connectivity index (χ0) is 55.0. The fraction of sp³-hybridized carbons (Fsp3) is 0.643. The molecule has 76 heavy (non-hydrogen) atoms. The molecule has 1 unspecified atom stereocenters. The van der Waals surface area contributed by atoms with Crippen LogP contribution in [0.25, 0.3) is 0 Å². The lowest BCUT2D eigenvalue weighted by Crippen LogP contribution is -2.30. The van der Waals surface area contributed by atoms with E-state index >= 15 is 0 Å². The van der Waals surface area contributed by atoms with E-state index in [1.54, 1.807) is 0 Å². The summed E-state index contributed by atoms with van der Waals surface area (Å²) in [6, 6.07) is 0. The van der Waals surface area contributed by atoms with Crippen molar-refractivity contribution in [2.24, 2.45) is 0 Å². The van der Waals surface area contributed by atoms with Crippen LogP contribution in [0.2, 0.25) is 0 Å². The lowest BCUT2D eigenvalue weighted by Gasteiger charge is -2.18. The zero-order valence-corrected chi connectivity index (χ0v) is 49.2. The van der Waals surface area contributed by atoms with Crippen LogP contribution in [0.15, 0.2) is 134 Å². The summed E-state index contributed by atoms with van der Waals surface area (Å²) >= 11 is 0. The molecule has 0 fully saturated rings. The van der Waals surface area contributed by atoms with E-state index in [4.69, 9.17) is 14.2 Å². The Kier molecular flexibility index (Phi) is 59.4. The van der Waals surface area contributed by atoms with Crippen LogP contribution >= 0.6 is 0 Å². The highest BCUT2D eigenvalue weighted by Gasteiger charge is 2.19. The molecule has 0 saturated heterocycles. The van der Waals surface area contributed by atoms with Crippen molar-refractivity contribution in [1.29, 1.82) is 0 Å². The van der Waals surface area contributed by atoms with Crippen LogP contribution in [-0.2, 0) is 28.6 Å². The van der Waals surface area contributed by atoms with Gasteiger partial charge in [-0.15, -0.1) is 0 Å². The Morgan fingerprint density at radius 3 is 0.895 bits per heavy atom. The van der Waals surface area contributed by atoms with Crippen LogP contribution in [-0.4, -0.2) is 37.2 Å². The van der Waals surface area contributed by atoms with Crippen molar-refractivity contribution in [3.8, 4) is 0 Å². The molecule has 0 heterocycles. The maximum absolute atomic E-state index is 12.9. The number of rotatable bonds is 55. The second kappa shape index (κ2) is 63.1. The minimum atomic E-state index is -0.810. The molecule has 0 aliphatic heterocycles.